The smallest absolute Gasteiger partial charge is 0.305 e. The summed E-state index contributed by atoms with van der Waals surface area (Å²) >= 11 is 5.74. The number of thiazole rings is 1. The Morgan fingerprint density at radius 3 is 2.45 bits per heavy atom. The highest BCUT2D eigenvalue weighted by Crippen LogP contribution is 2.53. The molecule has 38 heavy (non-hydrogen) atoms. The topological polar surface area (TPSA) is 88.7 Å². The Hall–Kier alpha value is -3.34. The van der Waals surface area contributed by atoms with Crippen LogP contribution in [0.1, 0.15) is 21.9 Å². The Morgan fingerprint density at radius 2 is 1.71 bits per heavy atom. The van der Waals surface area contributed by atoms with Crippen molar-refractivity contribution in [3.05, 3.63) is 103 Å². The van der Waals surface area contributed by atoms with E-state index < -0.39 is 17.1 Å². The minimum absolute atomic E-state index is 0.216. The van der Waals surface area contributed by atoms with Gasteiger partial charge >= 0.3 is 4.87 Å². The highest BCUT2D eigenvalue weighted by Gasteiger charge is 2.56. The van der Waals surface area contributed by atoms with Crippen LogP contribution in [0.25, 0.3) is 0 Å². The number of hydrogen-bond donors (Lipinski definition) is 1. The van der Waals surface area contributed by atoms with Crippen LogP contribution >= 0.6 is 39.0 Å². The Labute approximate surface area is 234 Å². The van der Waals surface area contributed by atoms with E-state index in [1.807, 2.05) is 48.5 Å². The molecule has 3 heterocycles. The Bertz CT molecular complexity index is 1590. The van der Waals surface area contributed by atoms with Crippen LogP contribution in [0.15, 0.2) is 87.1 Å². The lowest BCUT2D eigenvalue weighted by Crippen LogP contribution is -2.32. The predicted octanol–water partition coefficient (Wildman–Crippen LogP) is 5.58. The molecule has 2 amide bonds. The molecule has 3 aromatic carbocycles. The quantitative estimate of drug-likeness (QED) is 0.287. The van der Waals surface area contributed by atoms with Crippen molar-refractivity contribution >= 4 is 56.5 Å². The fraction of sp³-hybridized carbons (Fsp3) is 0.179. The maximum atomic E-state index is 13.9. The monoisotopic (exact) mass is 608 g/mol. The van der Waals surface area contributed by atoms with Crippen LogP contribution in [0.4, 0.5) is 5.69 Å². The van der Waals surface area contributed by atoms with Crippen LogP contribution < -0.4 is 19.2 Å². The number of halogens is 1. The van der Waals surface area contributed by atoms with Crippen molar-refractivity contribution in [1.29, 1.82) is 0 Å². The van der Waals surface area contributed by atoms with Gasteiger partial charge in [0, 0.05) is 15.3 Å². The molecule has 1 fully saturated rings. The number of hydrogen-bond acceptors (Lipinski definition) is 7. The third-order valence-electron chi connectivity index (χ3n) is 6.69. The molecule has 10 heteroatoms. The number of nitrogens with zero attached hydrogens (tertiary/aromatic N) is 1. The van der Waals surface area contributed by atoms with Crippen LogP contribution in [0.5, 0.6) is 11.5 Å². The van der Waals surface area contributed by atoms with Gasteiger partial charge in [0.15, 0.2) is 11.5 Å². The number of methoxy groups -OCH3 is 1. The van der Waals surface area contributed by atoms with E-state index in [4.69, 9.17) is 9.47 Å². The average Bonchev–Trinajstić information content (AvgIpc) is 3.42. The van der Waals surface area contributed by atoms with Crippen LogP contribution in [-0.4, -0.2) is 29.2 Å². The number of thioether (sulfide) groups is 1. The van der Waals surface area contributed by atoms with E-state index >= 15 is 0 Å². The van der Waals surface area contributed by atoms with Gasteiger partial charge in [-0.1, -0.05) is 75.4 Å². The van der Waals surface area contributed by atoms with E-state index in [1.54, 1.807) is 31.4 Å². The third kappa shape index (κ3) is 4.36. The lowest BCUT2D eigenvalue weighted by atomic mass is 9.83. The zero-order chi connectivity index (χ0) is 26.4. The van der Waals surface area contributed by atoms with Crippen LogP contribution in [0, 0.1) is 5.92 Å². The molecule has 4 aromatic rings. The molecule has 1 saturated heterocycles. The van der Waals surface area contributed by atoms with E-state index in [2.05, 4.69) is 20.9 Å². The molecule has 2 aliphatic heterocycles. The fourth-order valence-electron chi connectivity index (χ4n) is 4.95. The van der Waals surface area contributed by atoms with Gasteiger partial charge in [-0.2, -0.15) is 0 Å². The molecule has 1 aromatic heterocycles. The number of carbonyl (C=O) groups excluding carboxylic acids is 2. The Morgan fingerprint density at radius 1 is 0.947 bits per heavy atom. The lowest BCUT2D eigenvalue weighted by Gasteiger charge is -2.30. The van der Waals surface area contributed by atoms with Crippen molar-refractivity contribution in [2.75, 3.05) is 12.0 Å². The molecule has 2 unspecified atom stereocenters. The normalized spacial score (nSPS) is 20.3. The van der Waals surface area contributed by atoms with Gasteiger partial charge in [0.1, 0.15) is 11.9 Å². The van der Waals surface area contributed by atoms with Crippen molar-refractivity contribution in [2.24, 2.45) is 5.92 Å². The zero-order valence-electron chi connectivity index (χ0n) is 20.1. The number of fused-ring (bicyclic) bond motifs is 2. The van der Waals surface area contributed by atoms with Crippen LogP contribution in [-0.2, 0) is 16.2 Å². The van der Waals surface area contributed by atoms with E-state index in [9.17, 15) is 14.4 Å². The van der Waals surface area contributed by atoms with Gasteiger partial charge in [-0.3, -0.25) is 14.4 Å². The van der Waals surface area contributed by atoms with Crippen LogP contribution in [0.3, 0.4) is 0 Å². The standard InChI is InChI=1S/C28H21BrN2O5S2/c1-35-20-13-16(7-12-19(20)36-14-15-5-3-2-4-6-15)21-22-24(37-25-23(21)38-28(34)30-25)27(33)31(26(22)32)18-10-8-17(29)9-11-18/h2-13,21-22,24H,14H2,1H3,(H,30,34)/t21-,22?,24?/m1/s1. The van der Waals surface area contributed by atoms with Gasteiger partial charge < -0.3 is 14.5 Å². The summed E-state index contributed by atoms with van der Waals surface area (Å²) in [5, 5.41) is -0.0256. The second-order valence-corrected chi connectivity index (χ2v) is 12.0. The van der Waals surface area contributed by atoms with E-state index in [-0.39, 0.29) is 16.7 Å². The third-order valence-corrected chi connectivity index (χ3v) is 9.62. The van der Waals surface area contributed by atoms with Gasteiger partial charge in [0.2, 0.25) is 11.8 Å². The van der Waals surface area contributed by atoms with Crippen molar-refractivity contribution in [3.8, 4) is 11.5 Å². The Kier molecular flexibility index (Phi) is 6.63. The van der Waals surface area contributed by atoms with Gasteiger partial charge in [-0.05, 0) is 47.5 Å². The van der Waals surface area contributed by atoms with Gasteiger partial charge in [-0.15, -0.1) is 0 Å². The number of rotatable bonds is 6. The first-order valence-corrected chi connectivity index (χ1v) is 14.3. The number of ether oxygens (including phenoxy) is 2. The molecule has 0 spiro atoms. The number of amides is 2. The molecule has 2 aliphatic rings. The Balaban J connectivity index is 1.38. The number of anilines is 1. The molecule has 0 aliphatic carbocycles. The van der Waals surface area contributed by atoms with E-state index in [1.165, 1.54) is 16.7 Å². The summed E-state index contributed by atoms with van der Waals surface area (Å²) < 4.78 is 12.5. The molecule has 0 bridgehead atoms. The average molecular weight is 610 g/mol. The summed E-state index contributed by atoms with van der Waals surface area (Å²) in [6.45, 7) is 0.375. The second kappa shape index (κ2) is 10.1. The molecule has 192 valence electrons. The number of nitrogens with one attached hydrogen (secondary N) is 1. The molecule has 0 radical (unpaired) electrons. The fourth-order valence-corrected chi connectivity index (χ4v) is 7.73. The van der Waals surface area contributed by atoms with E-state index in [0.29, 0.717) is 28.8 Å². The van der Waals surface area contributed by atoms with Gasteiger partial charge in [0.05, 0.1) is 23.7 Å². The molecule has 6 rings (SSSR count). The summed E-state index contributed by atoms with van der Waals surface area (Å²) in [5.74, 6) is -0.654. The van der Waals surface area contributed by atoms with Crippen molar-refractivity contribution in [1.82, 2.24) is 4.98 Å². The summed E-state index contributed by atoms with van der Waals surface area (Å²) in [6.07, 6.45) is 0. The summed E-state index contributed by atoms with van der Waals surface area (Å²) in [5.41, 5.74) is 2.33. The van der Waals surface area contributed by atoms with Crippen LogP contribution in [0.2, 0.25) is 0 Å². The van der Waals surface area contributed by atoms with Gasteiger partial charge in [0.25, 0.3) is 0 Å². The van der Waals surface area contributed by atoms with Gasteiger partial charge in [-0.25, -0.2) is 4.90 Å². The molecular formula is C28H21BrN2O5S2. The number of carbonyl (C=O) groups is 2. The second-order valence-electron chi connectivity index (χ2n) is 8.92. The van der Waals surface area contributed by atoms with Crippen molar-refractivity contribution < 1.29 is 19.1 Å². The first-order valence-electron chi connectivity index (χ1n) is 11.8. The molecule has 1 N–H and O–H groups in total. The maximum Gasteiger partial charge on any atom is 0.305 e. The summed E-state index contributed by atoms with van der Waals surface area (Å²) in [7, 11) is 1.56. The number of aromatic amines is 1. The zero-order valence-corrected chi connectivity index (χ0v) is 23.3. The highest BCUT2D eigenvalue weighted by atomic mass is 79.9. The largest absolute Gasteiger partial charge is 0.493 e. The van der Waals surface area contributed by atoms with E-state index in [0.717, 1.165) is 31.8 Å². The SMILES string of the molecule is COc1cc([C@H]2c3sc(=O)[nH]c3SC3C(=O)N(c4ccc(Br)cc4)C(=O)C32)ccc1OCc1ccccc1. The number of benzene rings is 3. The minimum atomic E-state index is -0.670. The summed E-state index contributed by atoms with van der Waals surface area (Å²) in [4.78, 5) is 44.4. The number of H-pyrrole nitrogens is 1. The first kappa shape index (κ1) is 25.0. The summed E-state index contributed by atoms with van der Waals surface area (Å²) in [6, 6.07) is 22.5. The minimum Gasteiger partial charge on any atom is -0.493 e. The number of aromatic nitrogens is 1. The lowest BCUT2D eigenvalue weighted by molar-refractivity contribution is -0.122. The predicted molar refractivity (Wildman–Crippen MR) is 150 cm³/mol. The van der Waals surface area contributed by atoms with Crippen molar-refractivity contribution in [2.45, 2.75) is 22.8 Å². The number of imide groups is 1. The molecule has 3 atom stereocenters. The first-order chi connectivity index (χ1) is 18.4. The molecule has 7 nitrogen and oxygen atoms in total. The highest BCUT2D eigenvalue weighted by molar-refractivity contribution is 9.10. The van der Waals surface area contributed by atoms with Crippen molar-refractivity contribution in [3.63, 3.8) is 0 Å². The molecular weight excluding hydrogens is 588 g/mol. The molecule has 0 saturated carbocycles. The maximum absolute atomic E-state index is 13.9.